The lowest BCUT2D eigenvalue weighted by molar-refractivity contribution is -0.143. The second-order valence-corrected chi connectivity index (χ2v) is 3.45. The average Bonchev–Trinajstić information content (AvgIpc) is 2.18. The number of aldehydes is 1. The summed E-state index contributed by atoms with van der Waals surface area (Å²) in [6.07, 6.45) is 0.876. The van der Waals surface area contributed by atoms with Gasteiger partial charge in [0.15, 0.2) is 0 Å². The quantitative estimate of drug-likeness (QED) is 0.477. The molecule has 0 aliphatic heterocycles. The van der Waals surface area contributed by atoms with Crippen LogP contribution >= 0.6 is 0 Å². The summed E-state index contributed by atoms with van der Waals surface area (Å²) in [5.74, 6) is -0.509. The number of rotatable bonds is 6. The number of methoxy groups -OCH3 is 2. The van der Waals surface area contributed by atoms with E-state index in [4.69, 9.17) is 4.74 Å². The minimum absolute atomic E-state index is 0.0207. The lowest BCUT2D eigenvalue weighted by atomic mass is 9.92. The first-order valence-corrected chi connectivity index (χ1v) is 4.61. The SMILES string of the molecule is COC(=O)C[C@H](C)[C@@H](OC)[C@@H](C)C=O. The van der Waals surface area contributed by atoms with Crippen molar-refractivity contribution in [3.63, 3.8) is 0 Å². The van der Waals surface area contributed by atoms with Gasteiger partial charge in [0.1, 0.15) is 6.29 Å². The zero-order valence-corrected chi connectivity index (χ0v) is 9.15. The third-order valence-electron chi connectivity index (χ3n) is 2.28. The highest BCUT2D eigenvalue weighted by Crippen LogP contribution is 2.18. The largest absolute Gasteiger partial charge is 0.469 e. The molecular weight excluding hydrogens is 184 g/mol. The fourth-order valence-electron chi connectivity index (χ4n) is 1.50. The summed E-state index contributed by atoms with van der Waals surface area (Å²) < 4.78 is 9.72. The summed E-state index contributed by atoms with van der Waals surface area (Å²) >= 11 is 0. The zero-order chi connectivity index (χ0) is 11.1. The van der Waals surface area contributed by atoms with Crippen LogP contribution in [0.4, 0.5) is 0 Å². The summed E-state index contributed by atoms with van der Waals surface area (Å²) in [7, 11) is 2.89. The molecule has 0 aromatic carbocycles. The molecular formula is C10H18O4. The van der Waals surface area contributed by atoms with Crippen molar-refractivity contribution < 1.29 is 19.1 Å². The molecule has 0 rings (SSSR count). The van der Waals surface area contributed by atoms with Crippen LogP contribution in [0.2, 0.25) is 0 Å². The van der Waals surface area contributed by atoms with Crippen LogP contribution in [0.3, 0.4) is 0 Å². The third-order valence-corrected chi connectivity index (χ3v) is 2.28. The van der Waals surface area contributed by atoms with Gasteiger partial charge in [-0.25, -0.2) is 0 Å². The first-order valence-electron chi connectivity index (χ1n) is 4.61. The van der Waals surface area contributed by atoms with Crippen molar-refractivity contribution in [2.75, 3.05) is 14.2 Å². The molecule has 0 fully saturated rings. The van der Waals surface area contributed by atoms with Crippen LogP contribution in [0.15, 0.2) is 0 Å². The first kappa shape index (κ1) is 13.1. The smallest absolute Gasteiger partial charge is 0.305 e. The Bertz CT molecular complexity index is 191. The van der Waals surface area contributed by atoms with E-state index in [-0.39, 0.29) is 30.3 Å². The first-order chi connectivity index (χ1) is 6.56. The van der Waals surface area contributed by atoms with Gasteiger partial charge >= 0.3 is 5.97 Å². The minimum atomic E-state index is -0.280. The molecule has 0 amide bonds. The molecule has 0 aliphatic carbocycles. The molecule has 3 atom stereocenters. The Labute approximate surface area is 84.6 Å². The number of ether oxygens (including phenoxy) is 2. The maximum atomic E-state index is 11.0. The molecule has 0 bridgehead atoms. The van der Waals surface area contributed by atoms with Gasteiger partial charge in [0.25, 0.3) is 0 Å². The molecule has 82 valence electrons. The van der Waals surface area contributed by atoms with Gasteiger partial charge < -0.3 is 14.3 Å². The van der Waals surface area contributed by atoms with Gasteiger partial charge in [-0.3, -0.25) is 4.79 Å². The van der Waals surface area contributed by atoms with Gasteiger partial charge in [-0.2, -0.15) is 0 Å². The van der Waals surface area contributed by atoms with E-state index in [9.17, 15) is 9.59 Å². The molecule has 0 aliphatic rings. The van der Waals surface area contributed by atoms with E-state index >= 15 is 0 Å². The number of esters is 1. The highest BCUT2D eigenvalue weighted by atomic mass is 16.5. The van der Waals surface area contributed by atoms with Crippen molar-refractivity contribution in [2.45, 2.75) is 26.4 Å². The second-order valence-electron chi connectivity index (χ2n) is 3.45. The lowest BCUT2D eigenvalue weighted by Crippen LogP contribution is -2.30. The summed E-state index contributed by atoms with van der Waals surface area (Å²) in [6.45, 7) is 3.64. The van der Waals surface area contributed by atoms with Crippen molar-refractivity contribution in [1.29, 1.82) is 0 Å². The summed E-state index contributed by atoms with van der Waals surface area (Å²) in [5.41, 5.74) is 0. The zero-order valence-electron chi connectivity index (χ0n) is 9.15. The third kappa shape index (κ3) is 3.87. The van der Waals surface area contributed by atoms with E-state index < -0.39 is 0 Å². The molecule has 14 heavy (non-hydrogen) atoms. The molecule has 0 saturated heterocycles. The van der Waals surface area contributed by atoms with Crippen molar-refractivity contribution in [3.8, 4) is 0 Å². The maximum absolute atomic E-state index is 11.0. The van der Waals surface area contributed by atoms with Crippen LogP contribution in [0.1, 0.15) is 20.3 Å². The van der Waals surface area contributed by atoms with Crippen LogP contribution in [-0.2, 0) is 19.1 Å². The van der Waals surface area contributed by atoms with Crippen molar-refractivity contribution in [2.24, 2.45) is 11.8 Å². The Kier molecular flexibility index (Phi) is 6.12. The lowest BCUT2D eigenvalue weighted by Gasteiger charge is -2.24. The Morgan fingerprint density at radius 2 is 1.93 bits per heavy atom. The molecule has 0 aromatic heterocycles. The molecule has 4 heteroatoms. The van der Waals surface area contributed by atoms with E-state index in [1.807, 2.05) is 6.92 Å². The van der Waals surface area contributed by atoms with E-state index in [1.165, 1.54) is 7.11 Å². The van der Waals surface area contributed by atoms with Gasteiger partial charge in [-0.05, 0) is 5.92 Å². The molecule has 0 heterocycles. The average molecular weight is 202 g/mol. The topological polar surface area (TPSA) is 52.6 Å². The number of carbonyl (C=O) groups is 2. The molecule has 0 saturated carbocycles. The summed E-state index contributed by atoms with van der Waals surface area (Å²) in [4.78, 5) is 21.6. The van der Waals surface area contributed by atoms with E-state index in [0.717, 1.165) is 6.29 Å². The molecule has 0 radical (unpaired) electrons. The molecule has 4 nitrogen and oxygen atoms in total. The van der Waals surface area contributed by atoms with Gasteiger partial charge in [-0.1, -0.05) is 13.8 Å². The normalized spacial score (nSPS) is 16.9. The number of hydrogen-bond donors (Lipinski definition) is 0. The van der Waals surface area contributed by atoms with E-state index in [0.29, 0.717) is 0 Å². The highest BCUT2D eigenvalue weighted by molar-refractivity contribution is 5.69. The van der Waals surface area contributed by atoms with Crippen LogP contribution in [-0.4, -0.2) is 32.6 Å². The molecule has 0 spiro atoms. The minimum Gasteiger partial charge on any atom is -0.469 e. The van der Waals surface area contributed by atoms with Crippen molar-refractivity contribution >= 4 is 12.3 Å². The van der Waals surface area contributed by atoms with Crippen molar-refractivity contribution in [1.82, 2.24) is 0 Å². The van der Waals surface area contributed by atoms with Gasteiger partial charge in [-0.15, -0.1) is 0 Å². The van der Waals surface area contributed by atoms with Crippen LogP contribution in [0, 0.1) is 11.8 Å². The van der Waals surface area contributed by atoms with Crippen molar-refractivity contribution in [3.05, 3.63) is 0 Å². The van der Waals surface area contributed by atoms with E-state index in [1.54, 1.807) is 14.0 Å². The van der Waals surface area contributed by atoms with Crippen LogP contribution in [0.5, 0.6) is 0 Å². The van der Waals surface area contributed by atoms with Gasteiger partial charge in [0.2, 0.25) is 0 Å². The monoisotopic (exact) mass is 202 g/mol. The van der Waals surface area contributed by atoms with Crippen LogP contribution < -0.4 is 0 Å². The standard InChI is InChI=1S/C10H18O4/c1-7(5-9(12)13-3)10(14-4)8(2)6-11/h6-8,10H,5H2,1-4H3/t7-,8-,10+/m0/s1. The Morgan fingerprint density at radius 1 is 1.36 bits per heavy atom. The fourth-order valence-corrected chi connectivity index (χ4v) is 1.50. The maximum Gasteiger partial charge on any atom is 0.305 e. The predicted molar refractivity (Wildman–Crippen MR) is 51.8 cm³/mol. The summed E-state index contributed by atoms with van der Waals surface area (Å²) in [5, 5.41) is 0. The van der Waals surface area contributed by atoms with E-state index in [2.05, 4.69) is 4.74 Å². The Hall–Kier alpha value is -0.900. The predicted octanol–water partition coefficient (Wildman–Crippen LogP) is 1.04. The molecule has 0 aromatic rings. The number of hydrogen-bond acceptors (Lipinski definition) is 4. The number of carbonyl (C=O) groups excluding carboxylic acids is 2. The molecule has 0 unspecified atom stereocenters. The van der Waals surface area contributed by atoms with Gasteiger partial charge in [0.05, 0.1) is 19.6 Å². The Balaban J connectivity index is 4.23. The second kappa shape index (κ2) is 6.54. The summed E-state index contributed by atoms with van der Waals surface area (Å²) in [6, 6.07) is 0. The van der Waals surface area contributed by atoms with Gasteiger partial charge in [0, 0.05) is 13.0 Å². The Morgan fingerprint density at radius 3 is 2.29 bits per heavy atom. The highest BCUT2D eigenvalue weighted by Gasteiger charge is 2.25. The fraction of sp³-hybridized carbons (Fsp3) is 0.800. The van der Waals surface area contributed by atoms with Crippen LogP contribution in [0.25, 0.3) is 0 Å². The molecule has 0 N–H and O–H groups in total.